The molecular weight excluding hydrogens is 180 g/mol. The fraction of sp³-hybridized carbons (Fsp3) is 0.909. The molecule has 0 radical (unpaired) electrons. The minimum atomic E-state index is 0.204. The average Bonchev–Trinajstić information content (AvgIpc) is 2.21. The molecule has 84 valence electrons. The van der Waals surface area contributed by atoms with Crippen LogP contribution in [0.3, 0.4) is 0 Å². The van der Waals surface area contributed by atoms with Crippen LogP contribution in [0.2, 0.25) is 0 Å². The Hall–Kier alpha value is -0.410. The van der Waals surface area contributed by atoms with Crippen molar-refractivity contribution in [3.63, 3.8) is 0 Å². The largest absolute Gasteiger partial charge is 0.382 e. The standard InChI is InChI=1S/C11H22O3/c1-4-10(5-2)8-11(12)9-14-7-6-13-3/h10H,4-9H2,1-3H3. The van der Waals surface area contributed by atoms with Crippen LogP contribution in [0, 0.1) is 5.92 Å². The second-order valence-corrected chi connectivity index (χ2v) is 3.47. The number of hydrogen-bond acceptors (Lipinski definition) is 3. The first-order chi connectivity index (χ1) is 6.74. The summed E-state index contributed by atoms with van der Waals surface area (Å²) in [7, 11) is 1.62. The van der Waals surface area contributed by atoms with Crippen molar-refractivity contribution in [1.82, 2.24) is 0 Å². The van der Waals surface area contributed by atoms with E-state index in [1.54, 1.807) is 7.11 Å². The Morgan fingerprint density at radius 2 is 1.86 bits per heavy atom. The molecule has 0 aromatic carbocycles. The number of methoxy groups -OCH3 is 1. The summed E-state index contributed by atoms with van der Waals surface area (Å²) in [6, 6.07) is 0. The van der Waals surface area contributed by atoms with Crippen LogP contribution in [0.15, 0.2) is 0 Å². The molecule has 0 aromatic rings. The maximum atomic E-state index is 11.4. The van der Waals surface area contributed by atoms with E-state index in [0.717, 1.165) is 12.8 Å². The van der Waals surface area contributed by atoms with Gasteiger partial charge in [-0.15, -0.1) is 0 Å². The van der Waals surface area contributed by atoms with Gasteiger partial charge in [0.1, 0.15) is 6.61 Å². The molecular formula is C11H22O3. The van der Waals surface area contributed by atoms with Crippen LogP contribution in [0.5, 0.6) is 0 Å². The number of carbonyl (C=O) groups excluding carboxylic acids is 1. The lowest BCUT2D eigenvalue weighted by molar-refractivity contribution is -0.125. The van der Waals surface area contributed by atoms with Crippen LogP contribution in [-0.2, 0) is 14.3 Å². The molecule has 0 bridgehead atoms. The zero-order chi connectivity index (χ0) is 10.8. The van der Waals surface area contributed by atoms with Crippen molar-refractivity contribution in [2.75, 3.05) is 26.9 Å². The maximum absolute atomic E-state index is 11.4. The molecule has 0 atom stereocenters. The van der Waals surface area contributed by atoms with Crippen LogP contribution in [-0.4, -0.2) is 32.7 Å². The molecule has 0 rings (SSSR count). The number of rotatable bonds is 9. The lowest BCUT2D eigenvalue weighted by atomic mass is 9.97. The van der Waals surface area contributed by atoms with Crippen LogP contribution in [0.25, 0.3) is 0 Å². The zero-order valence-corrected chi connectivity index (χ0v) is 9.54. The molecule has 0 saturated carbocycles. The Kier molecular flexibility index (Phi) is 8.89. The van der Waals surface area contributed by atoms with E-state index in [9.17, 15) is 4.79 Å². The van der Waals surface area contributed by atoms with Gasteiger partial charge < -0.3 is 9.47 Å². The summed E-state index contributed by atoms with van der Waals surface area (Å²) in [4.78, 5) is 11.4. The zero-order valence-electron chi connectivity index (χ0n) is 9.54. The summed E-state index contributed by atoms with van der Waals surface area (Å²) in [5.74, 6) is 0.725. The van der Waals surface area contributed by atoms with Gasteiger partial charge in [-0.2, -0.15) is 0 Å². The first-order valence-corrected chi connectivity index (χ1v) is 5.32. The van der Waals surface area contributed by atoms with Crippen molar-refractivity contribution < 1.29 is 14.3 Å². The number of hydrogen-bond donors (Lipinski definition) is 0. The molecule has 3 heteroatoms. The first-order valence-electron chi connectivity index (χ1n) is 5.32. The van der Waals surface area contributed by atoms with E-state index in [-0.39, 0.29) is 12.4 Å². The lowest BCUT2D eigenvalue weighted by Crippen LogP contribution is -2.15. The monoisotopic (exact) mass is 202 g/mol. The van der Waals surface area contributed by atoms with Crippen molar-refractivity contribution in [3.8, 4) is 0 Å². The summed E-state index contributed by atoms with van der Waals surface area (Å²) >= 11 is 0. The number of ketones is 1. The normalized spacial score (nSPS) is 10.9. The summed E-state index contributed by atoms with van der Waals surface area (Å²) in [5, 5.41) is 0. The fourth-order valence-corrected chi connectivity index (χ4v) is 1.29. The number of Topliss-reactive ketones (excluding diaryl/α,β-unsaturated/α-hetero) is 1. The van der Waals surface area contributed by atoms with Gasteiger partial charge in [0.15, 0.2) is 5.78 Å². The van der Waals surface area contributed by atoms with Crippen molar-refractivity contribution in [2.24, 2.45) is 5.92 Å². The smallest absolute Gasteiger partial charge is 0.158 e. The number of ether oxygens (including phenoxy) is 2. The van der Waals surface area contributed by atoms with Crippen molar-refractivity contribution in [3.05, 3.63) is 0 Å². The van der Waals surface area contributed by atoms with Gasteiger partial charge in [0.25, 0.3) is 0 Å². The quantitative estimate of drug-likeness (QED) is 0.537. The Morgan fingerprint density at radius 3 is 2.36 bits per heavy atom. The molecule has 0 fully saturated rings. The second kappa shape index (κ2) is 9.16. The third-order valence-electron chi connectivity index (χ3n) is 2.37. The molecule has 0 aliphatic rings. The molecule has 14 heavy (non-hydrogen) atoms. The van der Waals surface area contributed by atoms with Gasteiger partial charge in [-0.1, -0.05) is 26.7 Å². The highest BCUT2D eigenvalue weighted by Gasteiger charge is 2.09. The highest BCUT2D eigenvalue weighted by Crippen LogP contribution is 2.12. The number of carbonyl (C=O) groups is 1. The molecule has 0 N–H and O–H groups in total. The van der Waals surface area contributed by atoms with Gasteiger partial charge in [-0.05, 0) is 5.92 Å². The molecule has 3 nitrogen and oxygen atoms in total. The molecule has 0 amide bonds. The Bertz CT molecular complexity index is 141. The van der Waals surface area contributed by atoms with E-state index >= 15 is 0 Å². The summed E-state index contributed by atoms with van der Waals surface area (Å²) in [6.45, 7) is 5.53. The fourth-order valence-electron chi connectivity index (χ4n) is 1.29. The molecule has 0 unspecified atom stereocenters. The third-order valence-corrected chi connectivity index (χ3v) is 2.37. The van der Waals surface area contributed by atoms with Crippen molar-refractivity contribution in [2.45, 2.75) is 33.1 Å². The van der Waals surface area contributed by atoms with Crippen molar-refractivity contribution in [1.29, 1.82) is 0 Å². The molecule has 0 heterocycles. The molecule has 0 aliphatic heterocycles. The van der Waals surface area contributed by atoms with E-state index in [1.165, 1.54) is 0 Å². The van der Waals surface area contributed by atoms with Gasteiger partial charge in [0, 0.05) is 13.5 Å². The van der Waals surface area contributed by atoms with Crippen LogP contribution in [0.4, 0.5) is 0 Å². The summed E-state index contributed by atoms with van der Waals surface area (Å²) in [5.41, 5.74) is 0. The highest BCUT2D eigenvalue weighted by molar-refractivity contribution is 5.79. The Labute approximate surface area is 86.8 Å². The van der Waals surface area contributed by atoms with Crippen LogP contribution in [0.1, 0.15) is 33.1 Å². The Morgan fingerprint density at radius 1 is 1.21 bits per heavy atom. The van der Waals surface area contributed by atoms with Crippen LogP contribution >= 0.6 is 0 Å². The third kappa shape index (κ3) is 7.04. The van der Waals surface area contributed by atoms with Crippen molar-refractivity contribution >= 4 is 5.78 Å². The van der Waals surface area contributed by atoms with Gasteiger partial charge >= 0.3 is 0 Å². The van der Waals surface area contributed by atoms with Crippen LogP contribution < -0.4 is 0 Å². The first kappa shape index (κ1) is 13.6. The summed E-state index contributed by atoms with van der Waals surface area (Å²) in [6.07, 6.45) is 2.79. The second-order valence-electron chi connectivity index (χ2n) is 3.47. The van der Waals surface area contributed by atoms with E-state index in [0.29, 0.717) is 25.6 Å². The van der Waals surface area contributed by atoms with E-state index < -0.39 is 0 Å². The maximum Gasteiger partial charge on any atom is 0.158 e. The highest BCUT2D eigenvalue weighted by atomic mass is 16.5. The lowest BCUT2D eigenvalue weighted by Gasteiger charge is -2.10. The van der Waals surface area contributed by atoms with E-state index in [2.05, 4.69) is 13.8 Å². The van der Waals surface area contributed by atoms with Gasteiger partial charge in [-0.25, -0.2) is 0 Å². The molecule has 0 spiro atoms. The topological polar surface area (TPSA) is 35.5 Å². The minimum Gasteiger partial charge on any atom is -0.382 e. The Balaban J connectivity index is 3.44. The van der Waals surface area contributed by atoms with Gasteiger partial charge in [0.2, 0.25) is 0 Å². The SMILES string of the molecule is CCC(CC)CC(=O)COCCOC. The van der Waals surface area contributed by atoms with Gasteiger partial charge in [-0.3, -0.25) is 4.79 Å². The summed E-state index contributed by atoms with van der Waals surface area (Å²) < 4.78 is 9.96. The molecule has 0 saturated heterocycles. The van der Waals surface area contributed by atoms with Gasteiger partial charge in [0.05, 0.1) is 13.2 Å². The predicted octanol–water partition coefficient (Wildman–Crippen LogP) is 2.04. The molecule has 0 aromatic heterocycles. The van der Waals surface area contributed by atoms with E-state index in [1.807, 2.05) is 0 Å². The molecule has 0 aliphatic carbocycles. The van der Waals surface area contributed by atoms with E-state index in [4.69, 9.17) is 9.47 Å². The minimum absolute atomic E-state index is 0.204. The predicted molar refractivity (Wildman–Crippen MR) is 56.4 cm³/mol. The average molecular weight is 202 g/mol.